The first-order valence-corrected chi connectivity index (χ1v) is 6.47. The molecule has 102 valence electrons. The van der Waals surface area contributed by atoms with Gasteiger partial charge in [-0.05, 0) is 43.5 Å². The summed E-state index contributed by atoms with van der Waals surface area (Å²) in [4.78, 5) is 12.0. The van der Waals surface area contributed by atoms with Crippen LogP contribution < -0.4 is 5.32 Å². The van der Waals surface area contributed by atoms with Gasteiger partial charge >= 0.3 is 0 Å². The minimum Gasteiger partial charge on any atom is -0.384 e. The number of aliphatic hydroxyl groups is 1. The normalized spacial score (nSPS) is 11.7. The lowest BCUT2D eigenvalue weighted by molar-refractivity contribution is 0.0930. The Kier molecular flexibility index (Phi) is 5.59. The summed E-state index contributed by atoms with van der Waals surface area (Å²) in [6, 6.07) is 5.54. The van der Waals surface area contributed by atoms with E-state index in [4.69, 9.17) is 5.11 Å². The van der Waals surface area contributed by atoms with Crippen molar-refractivity contribution in [1.82, 2.24) is 5.32 Å². The average molecular weight is 259 g/mol. The Labute approximate surface area is 115 Å². The number of benzene rings is 1. The average Bonchev–Trinajstić information content (AvgIpc) is 2.36. The van der Waals surface area contributed by atoms with Crippen LogP contribution in [0.3, 0.4) is 0 Å². The van der Waals surface area contributed by atoms with Crippen LogP contribution in [0.15, 0.2) is 18.2 Å². The minimum absolute atomic E-state index is 0.0639. The van der Waals surface area contributed by atoms with Crippen molar-refractivity contribution in [1.29, 1.82) is 0 Å². The van der Waals surface area contributed by atoms with Crippen LogP contribution in [0.5, 0.6) is 0 Å². The Bertz CT molecular complexity index is 509. The van der Waals surface area contributed by atoms with E-state index in [1.165, 1.54) is 0 Å². The van der Waals surface area contributed by atoms with E-state index in [2.05, 4.69) is 31.0 Å². The molecule has 2 N–H and O–H groups in total. The van der Waals surface area contributed by atoms with Crippen molar-refractivity contribution >= 4 is 5.91 Å². The predicted octanol–water partition coefficient (Wildman–Crippen LogP) is 2.11. The first-order chi connectivity index (χ1) is 8.95. The number of carbonyl (C=O) groups is 1. The molecule has 1 aromatic rings. The first-order valence-electron chi connectivity index (χ1n) is 6.47. The van der Waals surface area contributed by atoms with Crippen LogP contribution in [-0.4, -0.2) is 23.7 Å². The second kappa shape index (κ2) is 6.96. The fourth-order valence-corrected chi connectivity index (χ4v) is 1.54. The molecule has 3 nitrogen and oxygen atoms in total. The zero-order valence-electron chi connectivity index (χ0n) is 11.9. The molecule has 0 spiro atoms. The standard InChI is InChI=1S/C16H21NO2/c1-11(2)13(4)17-16(19)15-8-7-14(6-5-9-18)12(3)10-15/h7-8,10-11,13,18H,9H2,1-4H3,(H,17,19). The van der Waals surface area contributed by atoms with E-state index >= 15 is 0 Å². The molecule has 0 aliphatic heterocycles. The largest absolute Gasteiger partial charge is 0.384 e. The van der Waals surface area contributed by atoms with Gasteiger partial charge in [0.15, 0.2) is 0 Å². The van der Waals surface area contributed by atoms with Gasteiger partial charge in [-0.25, -0.2) is 0 Å². The summed E-state index contributed by atoms with van der Waals surface area (Å²) in [5.41, 5.74) is 2.41. The molecule has 1 atom stereocenters. The fraction of sp³-hybridized carbons (Fsp3) is 0.438. The van der Waals surface area contributed by atoms with Crippen molar-refractivity contribution < 1.29 is 9.90 Å². The van der Waals surface area contributed by atoms with E-state index < -0.39 is 0 Å². The lowest BCUT2D eigenvalue weighted by Crippen LogP contribution is -2.36. The highest BCUT2D eigenvalue weighted by Gasteiger charge is 2.12. The molecule has 0 fully saturated rings. The molecule has 0 heterocycles. The van der Waals surface area contributed by atoms with Crippen LogP contribution in [0.25, 0.3) is 0 Å². The third kappa shape index (κ3) is 4.42. The molecule has 0 saturated heterocycles. The molecule has 1 aromatic carbocycles. The van der Waals surface area contributed by atoms with Crippen LogP contribution in [0.2, 0.25) is 0 Å². The predicted molar refractivity (Wildman–Crippen MR) is 76.9 cm³/mol. The van der Waals surface area contributed by atoms with E-state index in [-0.39, 0.29) is 18.6 Å². The number of carbonyl (C=O) groups excluding carboxylic acids is 1. The molecule has 0 saturated carbocycles. The van der Waals surface area contributed by atoms with Crippen molar-refractivity contribution in [3.05, 3.63) is 34.9 Å². The van der Waals surface area contributed by atoms with E-state index in [9.17, 15) is 4.79 Å². The van der Waals surface area contributed by atoms with Gasteiger partial charge in [0.2, 0.25) is 0 Å². The Morgan fingerprint density at radius 2 is 2.05 bits per heavy atom. The molecule has 3 heteroatoms. The number of hydrogen-bond donors (Lipinski definition) is 2. The molecule has 0 radical (unpaired) electrons. The molecule has 19 heavy (non-hydrogen) atoms. The van der Waals surface area contributed by atoms with Crippen molar-refractivity contribution in [2.75, 3.05) is 6.61 Å². The molecular formula is C16H21NO2. The second-order valence-electron chi connectivity index (χ2n) is 5.00. The van der Waals surface area contributed by atoms with Gasteiger partial charge in [-0.3, -0.25) is 4.79 Å². The summed E-state index contributed by atoms with van der Waals surface area (Å²) in [5, 5.41) is 11.6. The van der Waals surface area contributed by atoms with Crippen LogP contribution in [0, 0.1) is 24.7 Å². The molecule has 1 unspecified atom stereocenters. The molecular weight excluding hydrogens is 238 g/mol. The van der Waals surface area contributed by atoms with Gasteiger partial charge in [-0.15, -0.1) is 0 Å². The summed E-state index contributed by atoms with van der Waals surface area (Å²) in [6.07, 6.45) is 0. The van der Waals surface area contributed by atoms with Crippen molar-refractivity contribution in [3.63, 3.8) is 0 Å². The van der Waals surface area contributed by atoms with Gasteiger partial charge in [0.25, 0.3) is 5.91 Å². The molecule has 0 aromatic heterocycles. The third-order valence-electron chi connectivity index (χ3n) is 3.15. The maximum Gasteiger partial charge on any atom is 0.251 e. The van der Waals surface area contributed by atoms with Gasteiger partial charge in [0.05, 0.1) is 0 Å². The van der Waals surface area contributed by atoms with Gasteiger partial charge in [-0.2, -0.15) is 0 Å². The van der Waals surface area contributed by atoms with Crippen LogP contribution in [-0.2, 0) is 0 Å². The summed E-state index contributed by atoms with van der Waals surface area (Å²) >= 11 is 0. The van der Waals surface area contributed by atoms with Crippen molar-refractivity contribution in [2.24, 2.45) is 5.92 Å². The topological polar surface area (TPSA) is 49.3 Å². The minimum atomic E-state index is -0.159. The first kappa shape index (κ1) is 15.3. The molecule has 0 aliphatic carbocycles. The van der Waals surface area contributed by atoms with Crippen LogP contribution in [0.1, 0.15) is 42.3 Å². The van der Waals surface area contributed by atoms with Crippen LogP contribution >= 0.6 is 0 Å². The number of aliphatic hydroxyl groups excluding tert-OH is 1. The van der Waals surface area contributed by atoms with Gasteiger partial charge < -0.3 is 10.4 Å². The SMILES string of the molecule is Cc1cc(C(=O)NC(C)C(C)C)ccc1C#CCO. The highest BCUT2D eigenvalue weighted by atomic mass is 16.2. The third-order valence-corrected chi connectivity index (χ3v) is 3.15. The summed E-state index contributed by atoms with van der Waals surface area (Å²) in [6.45, 7) is 7.89. The number of nitrogens with one attached hydrogen (secondary N) is 1. The maximum absolute atomic E-state index is 12.0. The molecule has 0 bridgehead atoms. The second-order valence-corrected chi connectivity index (χ2v) is 5.00. The highest BCUT2D eigenvalue weighted by Crippen LogP contribution is 2.11. The lowest BCUT2D eigenvalue weighted by Gasteiger charge is -2.17. The van der Waals surface area contributed by atoms with Crippen molar-refractivity contribution in [2.45, 2.75) is 33.7 Å². The van der Waals surface area contributed by atoms with Gasteiger partial charge in [0.1, 0.15) is 6.61 Å². The summed E-state index contributed by atoms with van der Waals surface area (Å²) in [7, 11) is 0. The fourth-order valence-electron chi connectivity index (χ4n) is 1.54. The van der Waals surface area contributed by atoms with E-state index in [0.717, 1.165) is 11.1 Å². The smallest absolute Gasteiger partial charge is 0.251 e. The zero-order chi connectivity index (χ0) is 14.4. The Balaban J connectivity index is 2.86. The molecule has 1 rings (SSSR count). The number of rotatable bonds is 3. The maximum atomic E-state index is 12.0. The number of aryl methyl sites for hydroxylation is 1. The highest BCUT2D eigenvalue weighted by molar-refractivity contribution is 5.94. The van der Waals surface area contributed by atoms with E-state index in [1.807, 2.05) is 26.0 Å². The van der Waals surface area contributed by atoms with E-state index in [0.29, 0.717) is 11.5 Å². The summed E-state index contributed by atoms with van der Waals surface area (Å²) < 4.78 is 0. The quantitative estimate of drug-likeness (QED) is 0.817. The van der Waals surface area contributed by atoms with Gasteiger partial charge in [0, 0.05) is 17.2 Å². The number of hydrogen-bond acceptors (Lipinski definition) is 2. The monoisotopic (exact) mass is 259 g/mol. The molecule has 0 aliphatic rings. The Morgan fingerprint density at radius 1 is 1.37 bits per heavy atom. The number of amides is 1. The van der Waals surface area contributed by atoms with Crippen LogP contribution in [0.4, 0.5) is 0 Å². The lowest BCUT2D eigenvalue weighted by atomic mass is 10.0. The van der Waals surface area contributed by atoms with Gasteiger partial charge in [-0.1, -0.05) is 25.7 Å². The Morgan fingerprint density at radius 3 is 2.58 bits per heavy atom. The molecule has 1 amide bonds. The zero-order valence-corrected chi connectivity index (χ0v) is 11.9. The summed E-state index contributed by atoms with van der Waals surface area (Å²) in [5.74, 6) is 5.80. The Hall–Kier alpha value is -1.79. The van der Waals surface area contributed by atoms with E-state index in [1.54, 1.807) is 6.07 Å². The van der Waals surface area contributed by atoms with Crippen molar-refractivity contribution in [3.8, 4) is 11.8 Å².